The second kappa shape index (κ2) is 5.86. The van der Waals surface area contributed by atoms with Crippen LogP contribution < -0.4 is 5.32 Å². The Labute approximate surface area is 143 Å². The SMILES string of the molecule is Oc1cccc(-c2cc3c(Nc4cccc(Cl)c4)ncnc3[nH]2)c1. The molecule has 6 heteroatoms. The van der Waals surface area contributed by atoms with Gasteiger partial charge >= 0.3 is 0 Å². The zero-order chi connectivity index (χ0) is 16.5. The standard InChI is InChI=1S/C18H13ClN4O/c19-12-4-2-5-13(8-12)22-17-15-9-16(23-18(15)21-10-20-17)11-3-1-6-14(24)7-11/h1-10,24H,(H2,20,21,22,23). The van der Waals surface area contributed by atoms with Crippen LogP contribution in [0.15, 0.2) is 60.9 Å². The topological polar surface area (TPSA) is 73.8 Å². The number of hydrogen-bond acceptors (Lipinski definition) is 4. The predicted octanol–water partition coefficient (Wildman–Crippen LogP) is 4.73. The zero-order valence-corrected chi connectivity index (χ0v) is 13.2. The first-order chi connectivity index (χ1) is 11.7. The summed E-state index contributed by atoms with van der Waals surface area (Å²) in [7, 11) is 0. The number of anilines is 2. The zero-order valence-electron chi connectivity index (χ0n) is 12.5. The Morgan fingerprint density at radius 2 is 1.88 bits per heavy atom. The van der Waals surface area contributed by atoms with Gasteiger partial charge in [-0.25, -0.2) is 9.97 Å². The molecule has 0 atom stereocenters. The number of nitrogens with one attached hydrogen (secondary N) is 2. The highest BCUT2D eigenvalue weighted by atomic mass is 35.5. The molecule has 0 aliphatic rings. The van der Waals surface area contributed by atoms with Crippen LogP contribution in [-0.4, -0.2) is 20.1 Å². The van der Waals surface area contributed by atoms with E-state index in [-0.39, 0.29) is 5.75 Å². The summed E-state index contributed by atoms with van der Waals surface area (Å²) in [5.74, 6) is 0.902. The first-order valence-electron chi connectivity index (χ1n) is 7.35. The lowest BCUT2D eigenvalue weighted by atomic mass is 10.1. The molecule has 2 aromatic carbocycles. The summed E-state index contributed by atoms with van der Waals surface area (Å²) in [5.41, 5.74) is 3.30. The van der Waals surface area contributed by atoms with Crippen LogP contribution in [-0.2, 0) is 0 Å². The molecule has 4 aromatic rings. The van der Waals surface area contributed by atoms with Crippen molar-refractivity contribution in [3.05, 3.63) is 65.9 Å². The highest BCUT2D eigenvalue weighted by Crippen LogP contribution is 2.30. The maximum absolute atomic E-state index is 9.66. The van der Waals surface area contributed by atoms with E-state index in [0.29, 0.717) is 16.5 Å². The van der Waals surface area contributed by atoms with E-state index in [1.165, 1.54) is 6.33 Å². The first kappa shape index (κ1) is 14.5. The van der Waals surface area contributed by atoms with Crippen LogP contribution >= 0.6 is 11.6 Å². The van der Waals surface area contributed by atoms with E-state index in [4.69, 9.17) is 11.6 Å². The molecular weight excluding hydrogens is 324 g/mol. The van der Waals surface area contributed by atoms with E-state index >= 15 is 0 Å². The molecule has 2 aromatic heterocycles. The summed E-state index contributed by atoms with van der Waals surface area (Å²) < 4.78 is 0. The quantitative estimate of drug-likeness (QED) is 0.505. The van der Waals surface area contributed by atoms with Gasteiger partial charge in [-0.15, -0.1) is 0 Å². The van der Waals surface area contributed by atoms with E-state index in [1.54, 1.807) is 18.2 Å². The molecule has 0 aliphatic carbocycles. The molecule has 0 amide bonds. The van der Waals surface area contributed by atoms with Gasteiger partial charge in [0.2, 0.25) is 0 Å². The molecule has 0 spiro atoms. The predicted molar refractivity (Wildman–Crippen MR) is 95.7 cm³/mol. The van der Waals surface area contributed by atoms with Gasteiger partial charge in [0.05, 0.1) is 5.39 Å². The van der Waals surface area contributed by atoms with Gasteiger partial charge in [0.15, 0.2) is 0 Å². The molecule has 0 fully saturated rings. The number of phenolic OH excluding ortho intramolecular Hbond substituents is 1. The van der Waals surface area contributed by atoms with Gasteiger partial charge in [-0.05, 0) is 36.4 Å². The molecular formula is C18H13ClN4O. The molecule has 24 heavy (non-hydrogen) atoms. The third-order valence-electron chi connectivity index (χ3n) is 3.67. The third-order valence-corrected chi connectivity index (χ3v) is 3.91. The Morgan fingerprint density at radius 3 is 2.71 bits per heavy atom. The Hall–Kier alpha value is -3.05. The Balaban J connectivity index is 1.77. The van der Waals surface area contributed by atoms with Crippen molar-refractivity contribution in [3.63, 3.8) is 0 Å². The summed E-state index contributed by atoms with van der Waals surface area (Å²) in [6, 6.07) is 16.4. The second-order valence-electron chi connectivity index (χ2n) is 5.35. The number of hydrogen-bond donors (Lipinski definition) is 3. The maximum atomic E-state index is 9.66. The molecule has 0 saturated carbocycles. The number of aromatic amines is 1. The van der Waals surface area contributed by atoms with Gasteiger partial charge in [-0.1, -0.05) is 29.8 Å². The van der Waals surface area contributed by atoms with Crippen molar-refractivity contribution in [1.82, 2.24) is 15.0 Å². The fourth-order valence-corrected chi connectivity index (χ4v) is 2.76. The number of nitrogens with zero attached hydrogens (tertiary/aromatic N) is 2. The highest BCUT2D eigenvalue weighted by molar-refractivity contribution is 6.30. The average Bonchev–Trinajstić information content (AvgIpc) is 3.00. The Bertz CT molecular complexity index is 1030. The monoisotopic (exact) mass is 336 g/mol. The lowest BCUT2D eigenvalue weighted by molar-refractivity contribution is 0.475. The van der Waals surface area contributed by atoms with Gasteiger partial charge in [0.25, 0.3) is 0 Å². The number of H-pyrrole nitrogens is 1. The van der Waals surface area contributed by atoms with Crippen molar-refractivity contribution in [1.29, 1.82) is 0 Å². The molecule has 118 valence electrons. The van der Waals surface area contributed by atoms with Gasteiger partial charge in [0.1, 0.15) is 23.5 Å². The van der Waals surface area contributed by atoms with Crippen molar-refractivity contribution in [2.24, 2.45) is 0 Å². The molecule has 0 unspecified atom stereocenters. The third kappa shape index (κ3) is 2.77. The summed E-state index contributed by atoms with van der Waals surface area (Å²) in [5, 5.41) is 14.4. The van der Waals surface area contributed by atoms with E-state index in [1.807, 2.05) is 36.4 Å². The fraction of sp³-hybridized carbons (Fsp3) is 0. The largest absolute Gasteiger partial charge is 0.508 e. The number of fused-ring (bicyclic) bond motifs is 1. The van der Waals surface area contributed by atoms with Crippen LogP contribution in [0.3, 0.4) is 0 Å². The smallest absolute Gasteiger partial charge is 0.143 e. The molecule has 0 radical (unpaired) electrons. The number of aromatic nitrogens is 3. The second-order valence-corrected chi connectivity index (χ2v) is 5.79. The van der Waals surface area contributed by atoms with Crippen molar-refractivity contribution in [2.75, 3.05) is 5.32 Å². The van der Waals surface area contributed by atoms with E-state index < -0.39 is 0 Å². The van der Waals surface area contributed by atoms with Crippen molar-refractivity contribution in [3.8, 4) is 17.0 Å². The van der Waals surface area contributed by atoms with Crippen LogP contribution in [0.25, 0.3) is 22.3 Å². The lowest BCUT2D eigenvalue weighted by Gasteiger charge is -2.06. The average molecular weight is 337 g/mol. The molecule has 0 aliphatic heterocycles. The van der Waals surface area contributed by atoms with Crippen LogP contribution in [0.5, 0.6) is 5.75 Å². The molecule has 4 rings (SSSR count). The minimum atomic E-state index is 0.217. The molecule has 5 nitrogen and oxygen atoms in total. The summed E-state index contributed by atoms with van der Waals surface area (Å²) in [4.78, 5) is 11.8. The summed E-state index contributed by atoms with van der Waals surface area (Å²) >= 11 is 6.03. The summed E-state index contributed by atoms with van der Waals surface area (Å²) in [6.07, 6.45) is 1.50. The highest BCUT2D eigenvalue weighted by Gasteiger charge is 2.10. The number of benzene rings is 2. The van der Waals surface area contributed by atoms with Crippen LogP contribution in [0.1, 0.15) is 0 Å². The molecule has 3 N–H and O–H groups in total. The Kier molecular flexibility index (Phi) is 3.55. The van der Waals surface area contributed by atoms with Crippen LogP contribution in [0.4, 0.5) is 11.5 Å². The van der Waals surface area contributed by atoms with Crippen LogP contribution in [0.2, 0.25) is 5.02 Å². The van der Waals surface area contributed by atoms with Crippen molar-refractivity contribution >= 4 is 34.1 Å². The van der Waals surface area contributed by atoms with Crippen LogP contribution in [0, 0.1) is 0 Å². The number of phenols is 1. The van der Waals surface area contributed by atoms with Gasteiger partial charge in [-0.2, -0.15) is 0 Å². The summed E-state index contributed by atoms with van der Waals surface area (Å²) in [6.45, 7) is 0. The maximum Gasteiger partial charge on any atom is 0.143 e. The van der Waals surface area contributed by atoms with Gasteiger partial charge in [-0.3, -0.25) is 0 Å². The number of halogens is 1. The first-order valence-corrected chi connectivity index (χ1v) is 7.72. The van der Waals surface area contributed by atoms with Gasteiger partial charge < -0.3 is 15.4 Å². The van der Waals surface area contributed by atoms with Crippen molar-refractivity contribution in [2.45, 2.75) is 0 Å². The van der Waals surface area contributed by atoms with E-state index in [2.05, 4.69) is 20.3 Å². The minimum Gasteiger partial charge on any atom is -0.508 e. The Morgan fingerprint density at radius 1 is 1.00 bits per heavy atom. The molecule has 0 bridgehead atoms. The fourth-order valence-electron chi connectivity index (χ4n) is 2.57. The van der Waals surface area contributed by atoms with Crippen molar-refractivity contribution < 1.29 is 5.11 Å². The van der Waals surface area contributed by atoms with Gasteiger partial charge in [0, 0.05) is 22.0 Å². The molecule has 0 saturated heterocycles. The van der Waals surface area contributed by atoms with E-state index in [9.17, 15) is 5.11 Å². The number of rotatable bonds is 3. The minimum absolute atomic E-state index is 0.217. The molecule has 2 heterocycles. The lowest BCUT2D eigenvalue weighted by Crippen LogP contribution is -1.94. The van der Waals surface area contributed by atoms with E-state index in [0.717, 1.165) is 22.3 Å². The number of aromatic hydroxyl groups is 1. The normalized spacial score (nSPS) is 10.9.